The first-order valence-corrected chi connectivity index (χ1v) is 18.7. The molecule has 5 aromatic carbocycles. The van der Waals surface area contributed by atoms with Crippen molar-refractivity contribution < 1.29 is 0 Å². The Labute approximate surface area is 328 Å². The predicted molar refractivity (Wildman–Crippen MR) is 224 cm³/mol. The number of hydrogen-bond acceptors (Lipinski definition) is 5. The number of pyridine rings is 4. The molecule has 0 fully saturated rings. The number of aromatic nitrogens is 4. The van der Waals surface area contributed by atoms with Gasteiger partial charge in [-0.1, -0.05) is 97.1 Å². The third-order valence-corrected chi connectivity index (χ3v) is 11.5. The van der Waals surface area contributed by atoms with Gasteiger partial charge < -0.3 is 0 Å². The molecular weight excluding hydrogens is 697 g/mol. The second kappa shape index (κ2) is 12.5. The monoisotopic (exact) mass is 724 g/mol. The molecule has 4 aromatic heterocycles. The molecule has 9 aromatic rings. The minimum absolute atomic E-state index is 0.479. The topological polar surface area (TPSA) is 79.7 Å². The minimum atomic E-state index is -0.624. The molecule has 0 N–H and O–H groups in total. The number of hydrogen-bond donors (Lipinski definition) is 0. The van der Waals surface area contributed by atoms with Crippen LogP contribution >= 0.6 is 0 Å². The van der Waals surface area contributed by atoms with E-state index in [1.165, 1.54) is 44.5 Å². The molecule has 0 atom stereocenters. The molecule has 0 unspecified atom stereocenters. The summed E-state index contributed by atoms with van der Waals surface area (Å²) >= 11 is 0. The van der Waals surface area contributed by atoms with Crippen LogP contribution in [-0.4, -0.2) is 19.9 Å². The number of nitrogens with zero attached hydrogens (tertiary/aromatic N) is 6. The normalized spacial score (nSPS) is 12.7. The van der Waals surface area contributed by atoms with Crippen molar-refractivity contribution in [2.24, 2.45) is 0 Å². The van der Waals surface area contributed by atoms with E-state index in [-0.39, 0.29) is 0 Å². The molecule has 0 bridgehead atoms. The summed E-state index contributed by atoms with van der Waals surface area (Å²) in [5.74, 6) is 0. The Morgan fingerprint density at radius 3 is 1.81 bits per heavy atom. The Kier molecular flexibility index (Phi) is 7.10. The highest BCUT2D eigenvalue weighted by molar-refractivity contribution is 6.11. The second-order valence-electron chi connectivity index (χ2n) is 14.4. The SMILES string of the molecule is [C-]#[N+]c1cncc(-c2cccc(-c3cc4c(c5ccccc35)-c3ccc(-c5cccc(-c6cncc(C#N)c6)n5)cc3C43c4ccccc4-c4ccccc43)n2)c1. The Balaban J connectivity index is 1.19. The average Bonchev–Trinajstić information content (AvgIpc) is 3.76. The van der Waals surface area contributed by atoms with Gasteiger partial charge in [0.25, 0.3) is 0 Å². The van der Waals surface area contributed by atoms with Gasteiger partial charge in [-0.3, -0.25) is 9.97 Å². The quantitative estimate of drug-likeness (QED) is 0.169. The summed E-state index contributed by atoms with van der Waals surface area (Å²) in [6, 6.07) is 53.5. The van der Waals surface area contributed by atoms with E-state index in [1.54, 1.807) is 24.8 Å². The molecule has 0 saturated carbocycles. The molecule has 0 aliphatic heterocycles. The van der Waals surface area contributed by atoms with Gasteiger partial charge >= 0.3 is 0 Å². The van der Waals surface area contributed by atoms with Crippen LogP contribution in [0.5, 0.6) is 0 Å². The van der Waals surface area contributed by atoms with Crippen LogP contribution in [0.2, 0.25) is 0 Å². The summed E-state index contributed by atoms with van der Waals surface area (Å²) in [7, 11) is 0. The molecule has 11 rings (SSSR count). The summed E-state index contributed by atoms with van der Waals surface area (Å²) in [5, 5.41) is 11.8. The summed E-state index contributed by atoms with van der Waals surface area (Å²) in [4.78, 5) is 22.6. The molecule has 4 heterocycles. The van der Waals surface area contributed by atoms with Gasteiger partial charge in [0.05, 0.1) is 40.3 Å². The fourth-order valence-electron chi connectivity index (χ4n) is 9.14. The van der Waals surface area contributed by atoms with Gasteiger partial charge in [-0.25, -0.2) is 14.8 Å². The predicted octanol–water partition coefficient (Wildman–Crippen LogP) is 11.9. The molecule has 0 saturated heterocycles. The molecule has 6 nitrogen and oxygen atoms in total. The number of fused-ring (bicyclic) bond motifs is 12. The van der Waals surface area contributed by atoms with E-state index in [0.717, 1.165) is 55.8 Å². The van der Waals surface area contributed by atoms with Gasteiger partial charge in [-0.2, -0.15) is 5.26 Å². The molecule has 0 amide bonds. The summed E-state index contributed by atoms with van der Waals surface area (Å²) in [5.41, 5.74) is 17.0. The van der Waals surface area contributed by atoms with Crippen LogP contribution in [0.15, 0.2) is 170 Å². The van der Waals surface area contributed by atoms with E-state index < -0.39 is 5.41 Å². The van der Waals surface area contributed by atoms with Gasteiger partial charge in [0.1, 0.15) is 6.07 Å². The van der Waals surface area contributed by atoms with Gasteiger partial charge in [0.15, 0.2) is 0 Å². The molecule has 6 heteroatoms. The lowest BCUT2D eigenvalue weighted by Gasteiger charge is -2.31. The second-order valence-corrected chi connectivity index (χ2v) is 14.4. The van der Waals surface area contributed by atoms with Crippen molar-refractivity contribution in [2.45, 2.75) is 5.41 Å². The van der Waals surface area contributed by atoms with Crippen molar-refractivity contribution in [1.82, 2.24) is 19.9 Å². The molecule has 2 aliphatic rings. The van der Waals surface area contributed by atoms with Crippen molar-refractivity contribution in [3.63, 3.8) is 0 Å². The number of rotatable bonds is 4. The highest BCUT2D eigenvalue weighted by atomic mass is 14.8. The molecule has 0 radical (unpaired) electrons. The Bertz CT molecular complexity index is 3190. The van der Waals surface area contributed by atoms with Crippen LogP contribution in [0, 0.1) is 17.9 Å². The zero-order chi connectivity index (χ0) is 38.1. The summed E-state index contributed by atoms with van der Waals surface area (Å²) < 4.78 is 0. The van der Waals surface area contributed by atoms with Crippen molar-refractivity contribution in [3.8, 4) is 73.4 Å². The third-order valence-electron chi connectivity index (χ3n) is 11.5. The Morgan fingerprint density at radius 2 is 1.09 bits per heavy atom. The van der Waals surface area contributed by atoms with Crippen LogP contribution in [0.4, 0.5) is 5.69 Å². The van der Waals surface area contributed by atoms with Crippen LogP contribution in [-0.2, 0) is 5.41 Å². The maximum Gasteiger partial charge on any atom is 0.205 e. The highest BCUT2D eigenvalue weighted by Crippen LogP contribution is 2.64. The van der Waals surface area contributed by atoms with E-state index in [1.807, 2.05) is 42.5 Å². The van der Waals surface area contributed by atoms with E-state index >= 15 is 0 Å². The van der Waals surface area contributed by atoms with Crippen molar-refractivity contribution in [3.05, 3.63) is 210 Å². The van der Waals surface area contributed by atoms with Crippen molar-refractivity contribution in [2.75, 3.05) is 0 Å². The molecule has 57 heavy (non-hydrogen) atoms. The lowest BCUT2D eigenvalue weighted by Crippen LogP contribution is -2.26. The van der Waals surface area contributed by atoms with E-state index in [4.69, 9.17) is 16.5 Å². The van der Waals surface area contributed by atoms with Gasteiger partial charge in [-0.15, -0.1) is 0 Å². The maximum absolute atomic E-state index is 9.55. The standard InChI is InChI=1S/C51H28N6/c1-53-35-23-34(29-55-30-35)48-18-9-19-49(57-48)41-25-45-50(39-13-3-2-10-36(39)41)40-21-20-32(46-16-8-17-47(56-46)33-22-31(26-52)27-54-28-33)24-44(40)51(45)42-14-6-4-11-37(42)38-12-5-7-15-43(38)51/h2-25,27-30H. The van der Waals surface area contributed by atoms with E-state index in [9.17, 15) is 5.26 Å². The fourth-order valence-corrected chi connectivity index (χ4v) is 9.14. The summed E-state index contributed by atoms with van der Waals surface area (Å²) in [6.45, 7) is 7.55. The lowest BCUT2D eigenvalue weighted by molar-refractivity contribution is 0.795. The first-order valence-electron chi connectivity index (χ1n) is 18.7. The molecule has 1 spiro atoms. The molecular formula is C51H28N6. The molecule has 262 valence electrons. The van der Waals surface area contributed by atoms with Crippen molar-refractivity contribution in [1.29, 1.82) is 5.26 Å². The third kappa shape index (κ3) is 4.75. The lowest BCUT2D eigenvalue weighted by atomic mass is 9.69. The Hall–Kier alpha value is -8.06. The van der Waals surface area contributed by atoms with E-state index in [0.29, 0.717) is 11.3 Å². The first-order chi connectivity index (χ1) is 28.1. The van der Waals surface area contributed by atoms with Crippen LogP contribution in [0.1, 0.15) is 27.8 Å². The highest BCUT2D eigenvalue weighted by Gasteiger charge is 2.52. The maximum atomic E-state index is 9.55. The number of nitriles is 1. The minimum Gasteiger partial charge on any atom is -0.276 e. The van der Waals surface area contributed by atoms with Crippen LogP contribution < -0.4 is 0 Å². The van der Waals surface area contributed by atoms with Crippen molar-refractivity contribution >= 4 is 16.5 Å². The number of benzene rings is 5. The smallest absolute Gasteiger partial charge is 0.205 e. The van der Waals surface area contributed by atoms with Gasteiger partial charge in [0.2, 0.25) is 5.69 Å². The zero-order valence-corrected chi connectivity index (χ0v) is 30.3. The Morgan fingerprint density at radius 1 is 0.474 bits per heavy atom. The zero-order valence-electron chi connectivity index (χ0n) is 30.3. The first kappa shape index (κ1) is 32.4. The van der Waals surface area contributed by atoms with Gasteiger partial charge in [-0.05, 0) is 104 Å². The van der Waals surface area contributed by atoms with Gasteiger partial charge in [0, 0.05) is 47.0 Å². The van der Waals surface area contributed by atoms with E-state index in [2.05, 4.69) is 124 Å². The fraction of sp³-hybridized carbons (Fsp3) is 0.0196. The molecule has 2 aliphatic carbocycles. The average molecular weight is 725 g/mol. The van der Waals surface area contributed by atoms with Crippen LogP contribution in [0.3, 0.4) is 0 Å². The van der Waals surface area contributed by atoms with Crippen LogP contribution in [0.25, 0.3) is 82.9 Å². The largest absolute Gasteiger partial charge is 0.276 e. The summed E-state index contributed by atoms with van der Waals surface area (Å²) in [6.07, 6.45) is 6.66.